The summed E-state index contributed by atoms with van der Waals surface area (Å²) in [6, 6.07) is 3.79. The molecular formula is C13H17NO5S. The molecule has 1 aliphatic rings. The summed E-state index contributed by atoms with van der Waals surface area (Å²) in [7, 11) is -3.93. The second-order valence-electron chi connectivity index (χ2n) is 5.09. The number of aliphatic hydroxyl groups is 1. The number of nitrogens with zero attached hydrogens (tertiary/aromatic N) is 1. The standard InChI is InChI=1S/C13H17NO5S/c1-8-3-4-9(2)12(5-8)20(18,19)14-7-10(15)6-11(14)13(16)17/h3-5,10-11,15H,6-7H2,1-2H3,(H,16,17). The quantitative estimate of drug-likeness (QED) is 0.848. The normalized spacial score (nSPS) is 23.9. The predicted molar refractivity (Wildman–Crippen MR) is 71.9 cm³/mol. The number of rotatable bonds is 3. The molecule has 1 aromatic rings. The Bertz CT molecular complexity index is 640. The highest BCUT2D eigenvalue weighted by molar-refractivity contribution is 7.89. The van der Waals surface area contributed by atoms with Gasteiger partial charge in [0.1, 0.15) is 6.04 Å². The van der Waals surface area contributed by atoms with Gasteiger partial charge in [-0.2, -0.15) is 4.31 Å². The first kappa shape index (κ1) is 15.0. The number of hydrogen-bond acceptors (Lipinski definition) is 4. The zero-order chi connectivity index (χ0) is 15.1. The van der Waals surface area contributed by atoms with Crippen molar-refractivity contribution in [1.82, 2.24) is 4.31 Å². The summed E-state index contributed by atoms with van der Waals surface area (Å²) in [4.78, 5) is 11.3. The summed E-state index contributed by atoms with van der Waals surface area (Å²) in [6.07, 6.45) is -1.03. The second kappa shape index (κ2) is 5.16. The molecule has 0 radical (unpaired) electrons. The lowest BCUT2D eigenvalue weighted by molar-refractivity contribution is -0.140. The van der Waals surface area contributed by atoms with E-state index in [9.17, 15) is 18.3 Å². The van der Waals surface area contributed by atoms with Crippen LogP contribution in [-0.2, 0) is 14.8 Å². The lowest BCUT2D eigenvalue weighted by Gasteiger charge is -2.22. The van der Waals surface area contributed by atoms with Crippen molar-refractivity contribution in [2.45, 2.75) is 37.3 Å². The lowest BCUT2D eigenvalue weighted by Crippen LogP contribution is -2.40. The second-order valence-corrected chi connectivity index (χ2v) is 6.95. The van der Waals surface area contributed by atoms with Gasteiger partial charge in [-0.05, 0) is 31.0 Å². The first-order valence-electron chi connectivity index (χ1n) is 6.23. The van der Waals surface area contributed by atoms with Gasteiger partial charge < -0.3 is 10.2 Å². The van der Waals surface area contributed by atoms with Gasteiger partial charge in [-0.15, -0.1) is 0 Å². The maximum Gasteiger partial charge on any atom is 0.322 e. The molecule has 0 spiro atoms. The molecule has 0 aromatic heterocycles. The highest BCUT2D eigenvalue weighted by Crippen LogP contribution is 2.28. The number of benzene rings is 1. The third-order valence-electron chi connectivity index (χ3n) is 3.45. The number of carboxylic acids is 1. The van der Waals surface area contributed by atoms with Crippen molar-refractivity contribution in [3.05, 3.63) is 29.3 Å². The Morgan fingerprint density at radius 2 is 2.00 bits per heavy atom. The van der Waals surface area contributed by atoms with Crippen LogP contribution in [0.4, 0.5) is 0 Å². The maximum absolute atomic E-state index is 12.6. The fourth-order valence-corrected chi connectivity index (χ4v) is 4.33. The first-order valence-corrected chi connectivity index (χ1v) is 7.67. The maximum atomic E-state index is 12.6. The van der Waals surface area contributed by atoms with Gasteiger partial charge in [-0.25, -0.2) is 8.42 Å². The molecule has 1 aliphatic heterocycles. The number of aliphatic carboxylic acids is 1. The van der Waals surface area contributed by atoms with Crippen molar-refractivity contribution in [3.63, 3.8) is 0 Å². The molecular weight excluding hydrogens is 282 g/mol. The average molecular weight is 299 g/mol. The van der Waals surface area contributed by atoms with Crippen molar-refractivity contribution in [2.75, 3.05) is 6.54 Å². The first-order chi connectivity index (χ1) is 9.23. The minimum atomic E-state index is -3.93. The van der Waals surface area contributed by atoms with E-state index in [0.29, 0.717) is 5.56 Å². The van der Waals surface area contributed by atoms with Crippen molar-refractivity contribution >= 4 is 16.0 Å². The Kier molecular flexibility index (Phi) is 3.86. The molecule has 20 heavy (non-hydrogen) atoms. The summed E-state index contributed by atoms with van der Waals surface area (Å²) < 4.78 is 26.1. The van der Waals surface area contributed by atoms with Crippen LogP contribution in [0.25, 0.3) is 0 Å². The Balaban J connectivity index is 2.49. The van der Waals surface area contributed by atoms with E-state index in [1.165, 1.54) is 6.07 Å². The summed E-state index contributed by atoms with van der Waals surface area (Å²) >= 11 is 0. The van der Waals surface area contributed by atoms with Crippen LogP contribution in [0, 0.1) is 13.8 Å². The third-order valence-corrected chi connectivity index (χ3v) is 5.47. The minimum absolute atomic E-state index is 0.0839. The van der Waals surface area contributed by atoms with Crippen LogP contribution in [0.3, 0.4) is 0 Å². The van der Waals surface area contributed by atoms with Crippen LogP contribution in [0.15, 0.2) is 23.1 Å². The summed E-state index contributed by atoms with van der Waals surface area (Å²) in [5.41, 5.74) is 1.34. The molecule has 1 aromatic carbocycles. The van der Waals surface area contributed by atoms with E-state index < -0.39 is 28.1 Å². The average Bonchev–Trinajstić information content (AvgIpc) is 2.75. The van der Waals surface area contributed by atoms with E-state index in [0.717, 1.165) is 9.87 Å². The van der Waals surface area contributed by atoms with E-state index in [1.807, 2.05) is 0 Å². The lowest BCUT2D eigenvalue weighted by atomic mass is 10.2. The Morgan fingerprint density at radius 3 is 2.60 bits per heavy atom. The number of aryl methyl sites for hydroxylation is 2. The Labute approximate surface area is 117 Å². The van der Waals surface area contributed by atoms with Crippen molar-refractivity contribution < 1.29 is 23.4 Å². The summed E-state index contributed by atoms with van der Waals surface area (Å²) in [6.45, 7) is 3.24. The third kappa shape index (κ3) is 2.56. The fourth-order valence-electron chi connectivity index (χ4n) is 2.39. The van der Waals surface area contributed by atoms with E-state index in [2.05, 4.69) is 0 Å². The molecule has 2 N–H and O–H groups in total. The van der Waals surface area contributed by atoms with E-state index in [-0.39, 0.29) is 17.9 Å². The number of carboxylic acid groups (broad SMARTS) is 1. The molecule has 6 nitrogen and oxygen atoms in total. The van der Waals surface area contributed by atoms with Crippen molar-refractivity contribution in [3.8, 4) is 0 Å². The van der Waals surface area contributed by atoms with Gasteiger partial charge in [0.2, 0.25) is 10.0 Å². The molecule has 0 saturated carbocycles. The molecule has 1 fully saturated rings. The van der Waals surface area contributed by atoms with Gasteiger partial charge in [0.05, 0.1) is 11.0 Å². The van der Waals surface area contributed by atoms with Crippen LogP contribution < -0.4 is 0 Å². The Morgan fingerprint density at radius 1 is 1.35 bits per heavy atom. The fraction of sp³-hybridized carbons (Fsp3) is 0.462. The zero-order valence-electron chi connectivity index (χ0n) is 11.3. The smallest absolute Gasteiger partial charge is 0.322 e. The number of β-amino-alcohol motifs (C(OH)–C–C–N with tert-alkyl or cyclic N) is 1. The van der Waals surface area contributed by atoms with Gasteiger partial charge in [-0.1, -0.05) is 12.1 Å². The van der Waals surface area contributed by atoms with Gasteiger partial charge in [0.15, 0.2) is 0 Å². The van der Waals surface area contributed by atoms with Crippen LogP contribution in [-0.4, -0.2) is 47.6 Å². The largest absolute Gasteiger partial charge is 0.480 e. The summed E-state index contributed by atoms with van der Waals surface area (Å²) in [5, 5.41) is 18.7. The molecule has 1 heterocycles. The summed E-state index contributed by atoms with van der Waals surface area (Å²) in [5.74, 6) is -1.24. The van der Waals surface area contributed by atoms with Crippen LogP contribution in [0.5, 0.6) is 0 Å². The van der Waals surface area contributed by atoms with Crippen LogP contribution >= 0.6 is 0 Å². The predicted octanol–water partition coefficient (Wildman–Crippen LogP) is 0.512. The molecule has 110 valence electrons. The minimum Gasteiger partial charge on any atom is -0.480 e. The van der Waals surface area contributed by atoms with Crippen LogP contribution in [0.1, 0.15) is 17.5 Å². The highest BCUT2D eigenvalue weighted by Gasteiger charge is 2.43. The highest BCUT2D eigenvalue weighted by atomic mass is 32.2. The van der Waals surface area contributed by atoms with Crippen LogP contribution in [0.2, 0.25) is 0 Å². The number of hydrogen-bond donors (Lipinski definition) is 2. The Hall–Kier alpha value is -1.44. The number of sulfonamides is 1. The molecule has 0 aliphatic carbocycles. The van der Waals surface area contributed by atoms with E-state index >= 15 is 0 Å². The number of aliphatic hydroxyl groups excluding tert-OH is 1. The molecule has 2 unspecified atom stereocenters. The van der Waals surface area contributed by atoms with E-state index in [1.54, 1.807) is 26.0 Å². The molecule has 0 bridgehead atoms. The molecule has 7 heteroatoms. The van der Waals surface area contributed by atoms with Gasteiger partial charge in [-0.3, -0.25) is 4.79 Å². The molecule has 2 rings (SSSR count). The van der Waals surface area contributed by atoms with Crippen molar-refractivity contribution in [2.24, 2.45) is 0 Å². The topological polar surface area (TPSA) is 94.9 Å². The van der Waals surface area contributed by atoms with Gasteiger partial charge in [0, 0.05) is 13.0 Å². The van der Waals surface area contributed by atoms with E-state index in [4.69, 9.17) is 5.11 Å². The SMILES string of the molecule is Cc1ccc(C)c(S(=O)(=O)N2CC(O)CC2C(=O)O)c1. The molecule has 0 amide bonds. The molecule has 1 saturated heterocycles. The zero-order valence-corrected chi connectivity index (χ0v) is 12.1. The monoisotopic (exact) mass is 299 g/mol. The molecule has 2 atom stereocenters. The van der Waals surface area contributed by atoms with Gasteiger partial charge >= 0.3 is 5.97 Å². The van der Waals surface area contributed by atoms with Gasteiger partial charge in [0.25, 0.3) is 0 Å². The van der Waals surface area contributed by atoms with Crippen molar-refractivity contribution in [1.29, 1.82) is 0 Å². The number of carbonyl (C=O) groups is 1.